The number of pyridine rings is 1. The molecule has 1 fully saturated rings. The first-order valence-corrected chi connectivity index (χ1v) is 13.0. The second kappa shape index (κ2) is 10.5. The van der Waals surface area contributed by atoms with Gasteiger partial charge in [0, 0.05) is 47.6 Å². The van der Waals surface area contributed by atoms with E-state index >= 15 is 0 Å². The van der Waals surface area contributed by atoms with Gasteiger partial charge in [-0.15, -0.1) is 0 Å². The Balaban J connectivity index is 1.49. The number of nitrogens with zero attached hydrogens (tertiary/aromatic N) is 3. The number of rotatable bonds is 8. The Hall–Kier alpha value is -3.64. The van der Waals surface area contributed by atoms with Crippen molar-refractivity contribution >= 4 is 23.0 Å². The van der Waals surface area contributed by atoms with Crippen molar-refractivity contribution in [2.75, 3.05) is 18.4 Å². The van der Waals surface area contributed by atoms with Crippen LogP contribution < -0.4 is 10.6 Å². The van der Waals surface area contributed by atoms with Crippen LogP contribution in [0.2, 0.25) is 0 Å². The highest BCUT2D eigenvalue weighted by atomic mass is 32.1. The largest absolute Gasteiger partial charge is 0.385 e. The van der Waals surface area contributed by atoms with Gasteiger partial charge in [0.2, 0.25) is 0 Å². The zero-order valence-electron chi connectivity index (χ0n) is 21.1. The standard InChI is InChI=1S/C30H33N5S/c1-21-22(2)35(25-15-8-5-9-16-25)23(3)27(21)29-28(26-17-10-11-18-32-26)33-30(36)34(29)20-12-19-31-24-13-6-4-7-14-24/h4-11,13-18,28-29,31H,12,19-20H2,1-3H3,(H,33,36). The molecule has 0 bridgehead atoms. The molecule has 4 aromatic rings. The number of para-hydroxylation sites is 2. The second-order valence-electron chi connectivity index (χ2n) is 9.35. The Morgan fingerprint density at radius 1 is 0.889 bits per heavy atom. The van der Waals surface area contributed by atoms with E-state index in [2.05, 4.69) is 108 Å². The lowest BCUT2D eigenvalue weighted by molar-refractivity contribution is 0.314. The topological polar surface area (TPSA) is 45.1 Å². The third-order valence-electron chi connectivity index (χ3n) is 7.19. The van der Waals surface area contributed by atoms with Gasteiger partial charge in [0.1, 0.15) is 0 Å². The molecule has 0 saturated carbocycles. The van der Waals surface area contributed by atoms with Crippen molar-refractivity contribution in [2.24, 2.45) is 0 Å². The number of aromatic nitrogens is 2. The predicted octanol–water partition coefficient (Wildman–Crippen LogP) is 6.27. The first-order chi connectivity index (χ1) is 17.6. The molecule has 0 aliphatic carbocycles. The number of thiocarbonyl (C=S) groups is 1. The maximum absolute atomic E-state index is 5.92. The summed E-state index contributed by atoms with van der Waals surface area (Å²) in [6, 6.07) is 27.1. The highest BCUT2D eigenvalue weighted by Gasteiger charge is 2.42. The molecule has 2 N–H and O–H groups in total. The van der Waals surface area contributed by atoms with E-state index < -0.39 is 0 Å². The highest BCUT2D eigenvalue weighted by Crippen LogP contribution is 2.43. The van der Waals surface area contributed by atoms with E-state index in [-0.39, 0.29) is 12.1 Å². The lowest BCUT2D eigenvalue weighted by Gasteiger charge is -2.29. The summed E-state index contributed by atoms with van der Waals surface area (Å²) in [4.78, 5) is 7.09. The maximum Gasteiger partial charge on any atom is 0.170 e. The number of benzene rings is 2. The van der Waals surface area contributed by atoms with Crippen LogP contribution in [0.3, 0.4) is 0 Å². The van der Waals surface area contributed by atoms with Crippen LogP contribution in [0.1, 0.15) is 46.7 Å². The first-order valence-electron chi connectivity index (χ1n) is 12.6. The van der Waals surface area contributed by atoms with Crippen LogP contribution in [0.5, 0.6) is 0 Å². The van der Waals surface area contributed by atoms with Crippen molar-refractivity contribution in [3.05, 3.63) is 113 Å². The van der Waals surface area contributed by atoms with Gasteiger partial charge in [0.15, 0.2) is 5.11 Å². The summed E-state index contributed by atoms with van der Waals surface area (Å²) in [6.07, 6.45) is 2.84. The van der Waals surface area contributed by atoms with Gasteiger partial charge >= 0.3 is 0 Å². The Kier molecular flexibility index (Phi) is 7.05. The molecule has 6 heteroatoms. The molecule has 0 amide bonds. The molecule has 0 spiro atoms. The van der Waals surface area contributed by atoms with Gasteiger partial charge in [0.25, 0.3) is 0 Å². The van der Waals surface area contributed by atoms with Gasteiger partial charge in [-0.3, -0.25) is 4.98 Å². The molecule has 1 aliphatic heterocycles. The molecule has 1 aliphatic rings. The zero-order chi connectivity index (χ0) is 25.1. The average molecular weight is 496 g/mol. The lowest BCUT2D eigenvalue weighted by Crippen LogP contribution is -2.32. The minimum Gasteiger partial charge on any atom is -0.385 e. The molecule has 2 aromatic carbocycles. The van der Waals surface area contributed by atoms with E-state index in [1.807, 2.05) is 18.3 Å². The number of hydrogen-bond acceptors (Lipinski definition) is 3. The summed E-state index contributed by atoms with van der Waals surface area (Å²) in [7, 11) is 0. The number of anilines is 1. The molecular weight excluding hydrogens is 462 g/mol. The van der Waals surface area contributed by atoms with Crippen molar-refractivity contribution in [3.8, 4) is 5.69 Å². The third-order valence-corrected chi connectivity index (χ3v) is 7.55. The van der Waals surface area contributed by atoms with Crippen molar-refractivity contribution in [1.82, 2.24) is 19.8 Å². The lowest BCUT2D eigenvalue weighted by atomic mass is 9.93. The monoisotopic (exact) mass is 495 g/mol. The normalized spacial score (nSPS) is 17.3. The molecule has 184 valence electrons. The smallest absolute Gasteiger partial charge is 0.170 e. The molecule has 2 unspecified atom stereocenters. The highest BCUT2D eigenvalue weighted by molar-refractivity contribution is 7.80. The molecule has 36 heavy (non-hydrogen) atoms. The Bertz CT molecular complexity index is 1320. The average Bonchev–Trinajstić information content (AvgIpc) is 3.34. The van der Waals surface area contributed by atoms with Gasteiger partial charge in [-0.2, -0.15) is 0 Å². The van der Waals surface area contributed by atoms with Crippen molar-refractivity contribution in [3.63, 3.8) is 0 Å². The molecule has 5 rings (SSSR count). The van der Waals surface area contributed by atoms with Gasteiger partial charge in [-0.05, 0) is 81.4 Å². The predicted molar refractivity (Wildman–Crippen MR) is 152 cm³/mol. The quantitative estimate of drug-likeness (QED) is 0.223. The minimum atomic E-state index is -0.00999. The summed E-state index contributed by atoms with van der Waals surface area (Å²) in [5.41, 5.74) is 8.49. The van der Waals surface area contributed by atoms with E-state index in [4.69, 9.17) is 17.2 Å². The molecule has 1 saturated heterocycles. The van der Waals surface area contributed by atoms with Gasteiger partial charge in [0.05, 0.1) is 17.8 Å². The van der Waals surface area contributed by atoms with Gasteiger partial charge < -0.3 is 20.1 Å². The fourth-order valence-electron chi connectivity index (χ4n) is 5.40. The van der Waals surface area contributed by atoms with E-state index in [1.54, 1.807) is 0 Å². The third kappa shape index (κ3) is 4.61. The zero-order valence-corrected chi connectivity index (χ0v) is 21.9. The van der Waals surface area contributed by atoms with Crippen LogP contribution >= 0.6 is 12.2 Å². The fourth-order valence-corrected chi connectivity index (χ4v) is 5.74. The summed E-state index contributed by atoms with van der Waals surface area (Å²) in [5, 5.41) is 7.94. The molecule has 3 heterocycles. The van der Waals surface area contributed by atoms with Crippen LogP contribution in [0.25, 0.3) is 5.69 Å². The van der Waals surface area contributed by atoms with E-state index in [0.717, 1.165) is 36.0 Å². The van der Waals surface area contributed by atoms with Crippen molar-refractivity contribution < 1.29 is 0 Å². The summed E-state index contributed by atoms with van der Waals surface area (Å²) in [5.74, 6) is 0. The van der Waals surface area contributed by atoms with E-state index in [0.29, 0.717) is 0 Å². The molecule has 2 aromatic heterocycles. The fraction of sp³-hybridized carbons (Fsp3) is 0.267. The molecule has 5 nitrogen and oxygen atoms in total. The second-order valence-corrected chi connectivity index (χ2v) is 9.73. The number of hydrogen-bond donors (Lipinski definition) is 2. The van der Waals surface area contributed by atoms with Gasteiger partial charge in [-0.25, -0.2) is 0 Å². The van der Waals surface area contributed by atoms with Crippen molar-refractivity contribution in [1.29, 1.82) is 0 Å². The SMILES string of the molecule is Cc1c(C2C(c3ccccn3)NC(=S)N2CCCNc2ccccc2)c(C)n(-c2ccccc2)c1C. The van der Waals surface area contributed by atoms with Crippen LogP contribution in [0.15, 0.2) is 85.1 Å². The Labute approximate surface area is 219 Å². The van der Waals surface area contributed by atoms with Crippen LogP contribution in [-0.2, 0) is 0 Å². The Morgan fingerprint density at radius 2 is 1.58 bits per heavy atom. The number of nitrogens with one attached hydrogen (secondary N) is 2. The molecule has 2 atom stereocenters. The maximum atomic E-state index is 5.92. The van der Waals surface area contributed by atoms with Crippen molar-refractivity contribution in [2.45, 2.75) is 39.3 Å². The Morgan fingerprint density at radius 3 is 2.28 bits per heavy atom. The van der Waals surface area contributed by atoms with E-state index in [9.17, 15) is 0 Å². The first kappa shape index (κ1) is 24.1. The van der Waals surface area contributed by atoms with E-state index in [1.165, 1.54) is 28.2 Å². The summed E-state index contributed by atoms with van der Waals surface area (Å²) >= 11 is 5.92. The summed E-state index contributed by atoms with van der Waals surface area (Å²) in [6.45, 7) is 8.42. The molecule has 0 radical (unpaired) electrons. The van der Waals surface area contributed by atoms with Crippen LogP contribution in [0, 0.1) is 20.8 Å². The molecular formula is C30H33N5S. The minimum absolute atomic E-state index is 0.00999. The summed E-state index contributed by atoms with van der Waals surface area (Å²) < 4.78 is 2.37. The van der Waals surface area contributed by atoms with Crippen LogP contribution in [0.4, 0.5) is 5.69 Å². The van der Waals surface area contributed by atoms with Gasteiger partial charge in [-0.1, -0.05) is 42.5 Å². The van der Waals surface area contributed by atoms with Crippen LogP contribution in [-0.4, -0.2) is 32.7 Å².